The fourth-order valence-electron chi connectivity index (χ4n) is 0.727. The van der Waals surface area contributed by atoms with E-state index in [1.54, 1.807) is 0 Å². The second kappa shape index (κ2) is 1.91. The Balaban J connectivity index is 2.34. The first kappa shape index (κ1) is 6.53. The molecular weight excluding hydrogens is 247 g/mol. The molecular formula is C5H5IN2O2. The SMILES string of the molecule is OC1(c2nc(I)no2)CC1. The number of aromatic nitrogens is 2. The fraction of sp³-hybridized carbons (Fsp3) is 0.600. The lowest BCUT2D eigenvalue weighted by Crippen LogP contribution is -2.03. The molecule has 5 heteroatoms. The molecule has 1 N–H and O–H groups in total. The molecule has 0 unspecified atom stereocenters. The molecule has 4 nitrogen and oxygen atoms in total. The molecule has 0 aliphatic heterocycles. The first-order chi connectivity index (χ1) is 4.71. The van der Waals surface area contributed by atoms with Gasteiger partial charge in [-0.3, -0.25) is 0 Å². The van der Waals surface area contributed by atoms with Crippen molar-refractivity contribution in [1.82, 2.24) is 10.1 Å². The van der Waals surface area contributed by atoms with Crippen molar-refractivity contribution in [2.75, 3.05) is 0 Å². The van der Waals surface area contributed by atoms with Gasteiger partial charge in [-0.25, -0.2) is 0 Å². The summed E-state index contributed by atoms with van der Waals surface area (Å²) >= 11 is 1.94. The maximum absolute atomic E-state index is 9.41. The molecule has 1 aromatic rings. The molecule has 1 heterocycles. The largest absolute Gasteiger partial charge is 0.380 e. The molecule has 0 bridgehead atoms. The third-order valence-electron chi connectivity index (χ3n) is 1.52. The van der Waals surface area contributed by atoms with Gasteiger partial charge in [-0.05, 0) is 12.8 Å². The summed E-state index contributed by atoms with van der Waals surface area (Å²) in [7, 11) is 0. The van der Waals surface area contributed by atoms with Gasteiger partial charge in [0.1, 0.15) is 5.60 Å². The minimum atomic E-state index is -0.781. The minimum absolute atomic E-state index is 0.358. The van der Waals surface area contributed by atoms with E-state index in [-0.39, 0.29) is 0 Å². The highest BCUT2D eigenvalue weighted by Gasteiger charge is 2.47. The quantitative estimate of drug-likeness (QED) is 0.745. The number of aliphatic hydroxyl groups is 1. The smallest absolute Gasteiger partial charge is 0.259 e. The first-order valence-electron chi connectivity index (χ1n) is 2.93. The molecule has 54 valence electrons. The Morgan fingerprint density at radius 1 is 1.60 bits per heavy atom. The van der Waals surface area contributed by atoms with Crippen LogP contribution in [0.5, 0.6) is 0 Å². The molecule has 1 aliphatic rings. The topological polar surface area (TPSA) is 59.2 Å². The Bertz CT molecular complexity index is 256. The summed E-state index contributed by atoms with van der Waals surface area (Å²) in [5.41, 5.74) is -0.781. The zero-order valence-electron chi connectivity index (χ0n) is 5.04. The van der Waals surface area contributed by atoms with Crippen LogP contribution in [0.3, 0.4) is 0 Å². The number of halogens is 1. The summed E-state index contributed by atoms with van der Waals surface area (Å²) in [5, 5.41) is 13.0. The van der Waals surface area contributed by atoms with Gasteiger partial charge in [0.2, 0.25) is 3.83 Å². The van der Waals surface area contributed by atoms with E-state index >= 15 is 0 Å². The van der Waals surface area contributed by atoms with E-state index in [4.69, 9.17) is 4.52 Å². The standard InChI is InChI=1S/C5H5IN2O2/c6-4-7-3(10-8-4)5(9)1-2-5/h9H,1-2H2. The maximum atomic E-state index is 9.41. The summed E-state index contributed by atoms with van der Waals surface area (Å²) in [6.07, 6.45) is 1.48. The molecule has 0 radical (unpaired) electrons. The maximum Gasteiger partial charge on any atom is 0.259 e. The van der Waals surface area contributed by atoms with Crippen LogP contribution in [-0.4, -0.2) is 15.2 Å². The summed E-state index contributed by atoms with van der Waals surface area (Å²) in [5.74, 6) is 0.358. The Morgan fingerprint density at radius 3 is 2.70 bits per heavy atom. The number of hydrogen-bond donors (Lipinski definition) is 1. The summed E-state index contributed by atoms with van der Waals surface area (Å²) in [6, 6.07) is 0. The molecule has 0 aromatic carbocycles. The molecule has 0 spiro atoms. The minimum Gasteiger partial charge on any atom is -0.380 e. The predicted octanol–water partition coefficient (Wildman–Crippen LogP) is 0.656. The Hall–Kier alpha value is -0.170. The van der Waals surface area contributed by atoms with Crippen molar-refractivity contribution in [1.29, 1.82) is 0 Å². The fourth-order valence-corrected chi connectivity index (χ4v) is 1.04. The molecule has 1 aliphatic carbocycles. The molecule has 0 saturated heterocycles. The van der Waals surface area contributed by atoms with Gasteiger partial charge in [0.05, 0.1) is 0 Å². The van der Waals surface area contributed by atoms with Crippen molar-refractivity contribution in [2.45, 2.75) is 18.4 Å². The van der Waals surface area contributed by atoms with Crippen LogP contribution >= 0.6 is 22.6 Å². The van der Waals surface area contributed by atoms with Crippen LogP contribution in [0.2, 0.25) is 0 Å². The normalized spacial score (nSPS) is 21.0. The van der Waals surface area contributed by atoms with E-state index in [1.807, 2.05) is 22.6 Å². The van der Waals surface area contributed by atoms with Gasteiger partial charge in [0, 0.05) is 22.6 Å². The van der Waals surface area contributed by atoms with Crippen molar-refractivity contribution >= 4 is 22.6 Å². The number of hydrogen-bond acceptors (Lipinski definition) is 4. The van der Waals surface area contributed by atoms with Crippen molar-refractivity contribution in [2.24, 2.45) is 0 Å². The van der Waals surface area contributed by atoms with Gasteiger partial charge in [0.15, 0.2) is 0 Å². The van der Waals surface area contributed by atoms with Crippen LogP contribution in [0.15, 0.2) is 4.52 Å². The molecule has 0 atom stereocenters. The monoisotopic (exact) mass is 252 g/mol. The Kier molecular flexibility index (Phi) is 1.25. The zero-order chi connectivity index (χ0) is 7.19. The molecule has 1 saturated carbocycles. The van der Waals surface area contributed by atoms with E-state index in [1.165, 1.54) is 0 Å². The highest BCUT2D eigenvalue weighted by molar-refractivity contribution is 14.1. The highest BCUT2D eigenvalue weighted by atomic mass is 127. The van der Waals surface area contributed by atoms with Crippen molar-refractivity contribution in [3.8, 4) is 0 Å². The average molecular weight is 252 g/mol. The second-order valence-electron chi connectivity index (χ2n) is 2.40. The third-order valence-corrected chi connectivity index (χ3v) is 1.96. The molecule has 10 heavy (non-hydrogen) atoms. The predicted molar refractivity (Wildman–Crippen MR) is 40.1 cm³/mol. The van der Waals surface area contributed by atoms with Gasteiger partial charge in [0.25, 0.3) is 5.89 Å². The lowest BCUT2D eigenvalue weighted by molar-refractivity contribution is 0.108. The first-order valence-corrected chi connectivity index (χ1v) is 4.01. The van der Waals surface area contributed by atoms with Crippen LogP contribution < -0.4 is 0 Å². The van der Waals surface area contributed by atoms with Crippen LogP contribution in [0, 0.1) is 3.83 Å². The average Bonchev–Trinajstić information content (AvgIpc) is 2.45. The lowest BCUT2D eigenvalue weighted by Gasteiger charge is -1.95. The molecule has 0 amide bonds. The van der Waals surface area contributed by atoms with Gasteiger partial charge in [-0.15, -0.1) is 0 Å². The van der Waals surface area contributed by atoms with Crippen LogP contribution in [0.4, 0.5) is 0 Å². The Morgan fingerprint density at radius 2 is 2.30 bits per heavy atom. The van der Waals surface area contributed by atoms with E-state index < -0.39 is 5.60 Å². The highest BCUT2D eigenvalue weighted by Crippen LogP contribution is 2.44. The third kappa shape index (κ3) is 0.929. The molecule has 1 aromatic heterocycles. The van der Waals surface area contributed by atoms with Crippen LogP contribution in [0.25, 0.3) is 0 Å². The summed E-state index contributed by atoms with van der Waals surface area (Å²) in [6.45, 7) is 0. The van der Waals surface area contributed by atoms with E-state index in [0.29, 0.717) is 9.72 Å². The van der Waals surface area contributed by atoms with E-state index in [2.05, 4.69) is 10.1 Å². The van der Waals surface area contributed by atoms with Crippen molar-refractivity contribution < 1.29 is 9.63 Å². The summed E-state index contributed by atoms with van der Waals surface area (Å²) < 4.78 is 5.32. The van der Waals surface area contributed by atoms with Gasteiger partial charge < -0.3 is 9.63 Å². The van der Waals surface area contributed by atoms with Crippen LogP contribution in [0.1, 0.15) is 18.7 Å². The lowest BCUT2D eigenvalue weighted by atomic mass is 10.3. The zero-order valence-corrected chi connectivity index (χ0v) is 7.20. The van der Waals surface area contributed by atoms with Crippen LogP contribution in [-0.2, 0) is 5.60 Å². The summed E-state index contributed by atoms with van der Waals surface area (Å²) in [4.78, 5) is 3.90. The number of rotatable bonds is 1. The Labute approximate surface area is 70.8 Å². The number of nitrogens with zero attached hydrogens (tertiary/aromatic N) is 2. The van der Waals surface area contributed by atoms with Crippen molar-refractivity contribution in [3.63, 3.8) is 0 Å². The second-order valence-corrected chi connectivity index (χ2v) is 3.37. The van der Waals surface area contributed by atoms with Gasteiger partial charge >= 0.3 is 0 Å². The van der Waals surface area contributed by atoms with Gasteiger partial charge in [-0.2, -0.15) is 4.98 Å². The molecule has 2 rings (SSSR count). The van der Waals surface area contributed by atoms with Gasteiger partial charge in [-0.1, -0.05) is 5.16 Å². The molecule has 1 fully saturated rings. The van der Waals surface area contributed by atoms with Crippen molar-refractivity contribution in [3.05, 3.63) is 9.72 Å². The van der Waals surface area contributed by atoms with E-state index in [0.717, 1.165) is 12.8 Å². The van der Waals surface area contributed by atoms with E-state index in [9.17, 15) is 5.11 Å².